The van der Waals surface area contributed by atoms with Crippen LogP contribution in [0.1, 0.15) is 12.8 Å². The molecule has 2 heterocycles. The number of hydrogen-bond acceptors (Lipinski definition) is 4. The van der Waals surface area contributed by atoms with E-state index < -0.39 is 10.0 Å². The number of nitrogens with one attached hydrogen (secondary N) is 1. The Balaban J connectivity index is 1.59. The van der Waals surface area contributed by atoms with Crippen LogP contribution in [0, 0.1) is 5.92 Å². The van der Waals surface area contributed by atoms with Crippen molar-refractivity contribution in [2.45, 2.75) is 12.8 Å². The lowest BCUT2D eigenvalue weighted by Gasteiger charge is -2.35. The van der Waals surface area contributed by atoms with E-state index in [1.807, 2.05) is 18.2 Å². The van der Waals surface area contributed by atoms with Crippen molar-refractivity contribution in [3.05, 3.63) is 24.3 Å². The standard InChI is InChI=1S/C15H21N3O3S/c1-22(20,21)18-10-12(11-18)15(19)16-13-5-4-6-14(9-13)17-7-2-3-8-17/h4-6,9,12H,2-3,7-8,10-11H2,1H3,(H,16,19). The summed E-state index contributed by atoms with van der Waals surface area (Å²) in [5.41, 5.74) is 1.90. The van der Waals surface area contributed by atoms with Gasteiger partial charge in [-0.15, -0.1) is 0 Å². The summed E-state index contributed by atoms with van der Waals surface area (Å²) in [5.74, 6) is -0.372. The topological polar surface area (TPSA) is 69.7 Å². The SMILES string of the molecule is CS(=O)(=O)N1CC(C(=O)Nc2cccc(N3CCCC3)c2)C1. The van der Waals surface area contributed by atoms with Crippen molar-refractivity contribution in [1.29, 1.82) is 0 Å². The summed E-state index contributed by atoms with van der Waals surface area (Å²) in [7, 11) is -3.18. The Morgan fingerprint density at radius 2 is 1.91 bits per heavy atom. The zero-order chi connectivity index (χ0) is 15.7. The lowest BCUT2D eigenvalue weighted by molar-refractivity contribution is -0.122. The van der Waals surface area contributed by atoms with Gasteiger partial charge in [0.2, 0.25) is 15.9 Å². The fraction of sp³-hybridized carbons (Fsp3) is 0.533. The van der Waals surface area contributed by atoms with Gasteiger partial charge < -0.3 is 10.2 Å². The van der Waals surface area contributed by atoms with E-state index in [1.165, 1.54) is 23.4 Å². The van der Waals surface area contributed by atoms with Crippen LogP contribution in [0.5, 0.6) is 0 Å². The van der Waals surface area contributed by atoms with Gasteiger partial charge >= 0.3 is 0 Å². The highest BCUT2D eigenvalue weighted by atomic mass is 32.2. The summed E-state index contributed by atoms with van der Waals surface area (Å²) in [6, 6.07) is 7.84. The van der Waals surface area contributed by atoms with E-state index in [4.69, 9.17) is 0 Å². The molecule has 2 fully saturated rings. The molecular weight excluding hydrogens is 302 g/mol. The largest absolute Gasteiger partial charge is 0.371 e. The Bertz CT molecular complexity index is 662. The van der Waals surface area contributed by atoms with Crippen LogP contribution >= 0.6 is 0 Å². The number of amides is 1. The lowest BCUT2D eigenvalue weighted by Crippen LogP contribution is -2.53. The molecule has 0 saturated carbocycles. The van der Waals surface area contributed by atoms with Crippen LogP contribution in [-0.2, 0) is 14.8 Å². The number of rotatable bonds is 4. The second-order valence-electron chi connectivity index (χ2n) is 6.01. The Kier molecular flexibility index (Phi) is 4.10. The van der Waals surface area contributed by atoms with Gasteiger partial charge in [0, 0.05) is 37.6 Å². The second-order valence-corrected chi connectivity index (χ2v) is 7.99. The van der Waals surface area contributed by atoms with Gasteiger partial charge in [-0.25, -0.2) is 12.7 Å². The third-order valence-electron chi connectivity index (χ3n) is 4.27. The molecule has 0 aliphatic carbocycles. The molecule has 22 heavy (non-hydrogen) atoms. The molecule has 3 rings (SSSR count). The molecule has 2 saturated heterocycles. The van der Waals surface area contributed by atoms with E-state index in [-0.39, 0.29) is 24.9 Å². The predicted octanol–water partition coefficient (Wildman–Crippen LogP) is 1.12. The van der Waals surface area contributed by atoms with Gasteiger partial charge in [-0.2, -0.15) is 0 Å². The van der Waals surface area contributed by atoms with Crippen molar-refractivity contribution in [2.75, 3.05) is 42.7 Å². The minimum Gasteiger partial charge on any atom is -0.371 e. The first-order chi connectivity index (χ1) is 10.4. The quantitative estimate of drug-likeness (QED) is 0.901. The Labute approximate surface area is 131 Å². The van der Waals surface area contributed by atoms with Gasteiger partial charge in [0.15, 0.2) is 0 Å². The highest BCUT2D eigenvalue weighted by Crippen LogP contribution is 2.25. The fourth-order valence-corrected chi connectivity index (χ4v) is 3.78. The number of anilines is 2. The number of carbonyl (C=O) groups is 1. The smallest absolute Gasteiger partial charge is 0.230 e. The normalized spacial score (nSPS) is 20.0. The van der Waals surface area contributed by atoms with Crippen LogP contribution in [-0.4, -0.2) is 51.1 Å². The van der Waals surface area contributed by atoms with Gasteiger partial charge in [0.05, 0.1) is 12.2 Å². The van der Waals surface area contributed by atoms with E-state index in [9.17, 15) is 13.2 Å². The predicted molar refractivity (Wildman–Crippen MR) is 86.4 cm³/mol. The highest BCUT2D eigenvalue weighted by molar-refractivity contribution is 7.88. The molecule has 0 bridgehead atoms. The highest BCUT2D eigenvalue weighted by Gasteiger charge is 2.37. The first-order valence-electron chi connectivity index (χ1n) is 7.54. The first kappa shape index (κ1) is 15.3. The molecular formula is C15H21N3O3S. The van der Waals surface area contributed by atoms with E-state index in [2.05, 4.69) is 16.3 Å². The molecule has 1 N–H and O–H groups in total. The Morgan fingerprint density at radius 1 is 1.23 bits per heavy atom. The van der Waals surface area contributed by atoms with Gasteiger partial charge in [-0.05, 0) is 31.0 Å². The average Bonchev–Trinajstić information content (AvgIpc) is 2.89. The Hall–Kier alpha value is -1.60. The van der Waals surface area contributed by atoms with Crippen molar-refractivity contribution < 1.29 is 13.2 Å². The molecule has 0 unspecified atom stereocenters. The van der Waals surface area contributed by atoms with Crippen LogP contribution in [0.2, 0.25) is 0 Å². The van der Waals surface area contributed by atoms with Crippen LogP contribution < -0.4 is 10.2 Å². The van der Waals surface area contributed by atoms with Gasteiger partial charge in [-0.3, -0.25) is 4.79 Å². The molecule has 0 radical (unpaired) electrons. The van der Waals surface area contributed by atoms with Crippen molar-refractivity contribution in [3.8, 4) is 0 Å². The van der Waals surface area contributed by atoms with Crippen LogP contribution in [0.25, 0.3) is 0 Å². The Morgan fingerprint density at radius 3 is 2.55 bits per heavy atom. The maximum atomic E-state index is 12.2. The zero-order valence-electron chi connectivity index (χ0n) is 12.7. The molecule has 0 atom stereocenters. The van der Waals surface area contributed by atoms with Crippen LogP contribution in [0.15, 0.2) is 24.3 Å². The summed E-state index contributed by atoms with van der Waals surface area (Å²) in [4.78, 5) is 14.5. The summed E-state index contributed by atoms with van der Waals surface area (Å²) in [6.07, 6.45) is 3.58. The van der Waals surface area contributed by atoms with Gasteiger partial charge in [-0.1, -0.05) is 6.07 Å². The molecule has 7 heteroatoms. The first-order valence-corrected chi connectivity index (χ1v) is 9.39. The molecule has 1 aromatic rings. The minimum absolute atomic E-state index is 0.113. The maximum absolute atomic E-state index is 12.2. The summed E-state index contributed by atoms with van der Waals surface area (Å²) in [6.45, 7) is 2.67. The van der Waals surface area contributed by atoms with Crippen molar-refractivity contribution in [2.24, 2.45) is 5.92 Å². The van der Waals surface area contributed by atoms with Crippen LogP contribution in [0.4, 0.5) is 11.4 Å². The molecule has 2 aliphatic heterocycles. The minimum atomic E-state index is -3.18. The van der Waals surface area contributed by atoms with E-state index >= 15 is 0 Å². The third-order valence-corrected chi connectivity index (χ3v) is 5.51. The molecule has 2 aliphatic rings. The molecule has 120 valence electrons. The fourth-order valence-electron chi connectivity index (χ4n) is 2.87. The van der Waals surface area contributed by atoms with E-state index in [1.54, 1.807) is 0 Å². The van der Waals surface area contributed by atoms with Crippen molar-refractivity contribution in [1.82, 2.24) is 4.31 Å². The number of hydrogen-bond donors (Lipinski definition) is 1. The van der Waals surface area contributed by atoms with Crippen LogP contribution in [0.3, 0.4) is 0 Å². The second kappa shape index (κ2) is 5.89. The van der Waals surface area contributed by atoms with Gasteiger partial charge in [0.25, 0.3) is 0 Å². The molecule has 0 aromatic heterocycles. The number of nitrogens with zero attached hydrogens (tertiary/aromatic N) is 2. The zero-order valence-corrected chi connectivity index (χ0v) is 13.5. The molecule has 0 spiro atoms. The molecule has 6 nitrogen and oxygen atoms in total. The summed E-state index contributed by atoms with van der Waals surface area (Å²) >= 11 is 0. The van der Waals surface area contributed by atoms with E-state index in [0.29, 0.717) is 0 Å². The molecule has 1 aromatic carbocycles. The number of benzene rings is 1. The number of carbonyl (C=O) groups excluding carboxylic acids is 1. The van der Waals surface area contributed by atoms with Crippen molar-refractivity contribution >= 4 is 27.3 Å². The lowest BCUT2D eigenvalue weighted by atomic mass is 10.0. The number of sulfonamides is 1. The summed E-state index contributed by atoms with van der Waals surface area (Å²) in [5, 5.41) is 2.89. The van der Waals surface area contributed by atoms with Crippen molar-refractivity contribution in [3.63, 3.8) is 0 Å². The third kappa shape index (κ3) is 3.25. The maximum Gasteiger partial charge on any atom is 0.230 e. The molecule has 1 amide bonds. The summed E-state index contributed by atoms with van der Waals surface area (Å²) < 4.78 is 24.0. The van der Waals surface area contributed by atoms with Gasteiger partial charge in [0.1, 0.15) is 0 Å². The monoisotopic (exact) mass is 323 g/mol. The average molecular weight is 323 g/mol. The van der Waals surface area contributed by atoms with E-state index in [0.717, 1.165) is 24.5 Å².